The Bertz CT molecular complexity index is 849. The third-order valence-electron chi connectivity index (χ3n) is 3.95. The Kier molecular flexibility index (Phi) is 5.71. The maximum atomic E-state index is 12.3. The Morgan fingerprint density at radius 3 is 2.63 bits per heavy atom. The van der Waals surface area contributed by atoms with Crippen LogP contribution >= 0.6 is 0 Å². The molecule has 0 atom stereocenters. The van der Waals surface area contributed by atoms with Gasteiger partial charge in [-0.25, -0.2) is 9.59 Å². The Hall–Kier alpha value is -3.35. The van der Waals surface area contributed by atoms with E-state index in [0.717, 1.165) is 5.56 Å². The number of rotatable bonds is 6. The highest BCUT2D eigenvalue weighted by Crippen LogP contribution is 2.34. The highest BCUT2D eigenvalue weighted by molar-refractivity contribution is 5.99. The fourth-order valence-electron chi connectivity index (χ4n) is 2.68. The third kappa shape index (κ3) is 4.44. The quantitative estimate of drug-likeness (QED) is 0.727. The SMILES string of the molecule is CCOC(=O)COC(=O)c1ccc2c(c1)OCC(=O)N2Cc1ccccc1. The van der Waals surface area contributed by atoms with Crippen LogP contribution in [0.4, 0.5) is 5.69 Å². The van der Waals surface area contributed by atoms with Gasteiger partial charge in [0.25, 0.3) is 5.91 Å². The van der Waals surface area contributed by atoms with Crippen LogP contribution in [0.5, 0.6) is 5.75 Å². The summed E-state index contributed by atoms with van der Waals surface area (Å²) < 4.78 is 15.1. The van der Waals surface area contributed by atoms with Crippen LogP contribution in [0, 0.1) is 0 Å². The Morgan fingerprint density at radius 2 is 1.89 bits per heavy atom. The van der Waals surface area contributed by atoms with Crippen molar-refractivity contribution in [2.75, 3.05) is 24.7 Å². The van der Waals surface area contributed by atoms with E-state index in [1.165, 1.54) is 12.1 Å². The lowest BCUT2D eigenvalue weighted by atomic mass is 10.1. The fraction of sp³-hybridized carbons (Fsp3) is 0.250. The van der Waals surface area contributed by atoms with Crippen LogP contribution in [0.3, 0.4) is 0 Å². The summed E-state index contributed by atoms with van der Waals surface area (Å²) in [6, 6.07) is 14.3. The Morgan fingerprint density at radius 1 is 1.11 bits per heavy atom. The van der Waals surface area contributed by atoms with Crippen LogP contribution in [0.2, 0.25) is 0 Å². The molecule has 1 aliphatic heterocycles. The molecule has 3 rings (SSSR count). The van der Waals surface area contributed by atoms with E-state index >= 15 is 0 Å². The summed E-state index contributed by atoms with van der Waals surface area (Å²) in [5.74, 6) is -1.03. The van der Waals surface area contributed by atoms with Crippen molar-refractivity contribution in [2.45, 2.75) is 13.5 Å². The lowest BCUT2D eigenvalue weighted by Crippen LogP contribution is -2.38. The zero-order chi connectivity index (χ0) is 19.2. The van der Waals surface area contributed by atoms with Crippen molar-refractivity contribution in [3.8, 4) is 5.75 Å². The van der Waals surface area contributed by atoms with Crippen molar-refractivity contribution in [1.82, 2.24) is 0 Å². The van der Waals surface area contributed by atoms with Gasteiger partial charge in [-0.15, -0.1) is 0 Å². The summed E-state index contributed by atoms with van der Waals surface area (Å²) in [6.45, 7) is 1.73. The summed E-state index contributed by atoms with van der Waals surface area (Å²) in [4.78, 5) is 37.3. The number of amides is 1. The number of hydrogen-bond donors (Lipinski definition) is 0. The minimum absolute atomic E-state index is 0.110. The lowest BCUT2D eigenvalue weighted by Gasteiger charge is -2.29. The summed E-state index contributed by atoms with van der Waals surface area (Å²) in [7, 11) is 0. The molecular formula is C20H19NO6. The molecule has 1 heterocycles. The molecule has 0 spiro atoms. The minimum atomic E-state index is -0.666. The van der Waals surface area contributed by atoms with Crippen LogP contribution in [0.1, 0.15) is 22.8 Å². The molecule has 7 heteroatoms. The molecule has 27 heavy (non-hydrogen) atoms. The molecule has 1 amide bonds. The summed E-state index contributed by atoms with van der Waals surface area (Å²) in [5.41, 5.74) is 1.79. The van der Waals surface area contributed by atoms with E-state index in [1.54, 1.807) is 17.9 Å². The van der Waals surface area contributed by atoms with Crippen LogP contribution in [-0.4, -0.2) is 37.7 Å². The molecular weight excluding hydrogens is 350 g/mol. The third-order valence-corrected chi connectivity index (χ3v) is 3.95. The first kappa shape index (κ1) is 18.4. The van der Waals surface area contributed by atoms with Gasteiger partial charge in [0.05, 0.1) is 24.4 Å². The second-order valence-corrected chi connectivity index (χ2v) is 5.82. The number of esters is 2. The number of ether oxygens (including phenoxy) is 3. The lowest BCUT2D eigenvalue weighted by molar-refractivity contribution is -0.146. The molecule has 7 nitrogen and oxygen atoms in total. The van der Waals surface area contributed by atoms with Gasteiger partial charge in [0.2, 0.25) is 0 Å². The molecule has 1 aliphatic rings. The van der Waals surface area contributed by atoms with E-state index in [-0.39, 0.29) is 24.7 Å². The van der Waals surface area contributed by atoms with Crippen molar-refractivity contribution in [3.63, 3.8) is 0 Å². The van der Waals surface area contributed by atoms with Crippen molar-refractivity contribution in [3.05, 3.63) is 59.7 Å². The molecule has 0 aromatic heterocycles. The zero-order valence-corrected chi connectivity index (χ0v) is 14.8. The van der Waals surface area contributed by atoms with Crippen LogP contribution in [0.15, 0.2) is 48.5 Å². The van der Waals surface area contributed by atoms with Crippen molar-refractivity contribution in [1.29, 1.82) is 0 Å². The van der Waals surface area contributed by atoms with Crippen molar-refractivity contribution < 1.29 is 28.6 Å². The van der Waals surface area contributed by atoms with Gasteiger partial charge in [-0.3, -0.25) is 4.79 Å². The molecule has 140 valence electrons. The zero-order valence-electron chi connectivity index (χ0n) is 14.8. The van der Waals surface area contributed by atoms with Gasteiger partial charge in [-0.05, 0) is 30.7 Å². The largest absolute Gasteiger partial charge is 0.482 e. The summed E-state index contributed by atoms with van der Waals surface area (Å²) >= 11 is 0. The van der Waals surface area contributed by atoms with E-state index in [1.807, 2.05) is 30.3 Å². The number of fused-ring (bicyclic) bond motifs is 1. The van der Waals surface area contributed by atoms with E-state index in [0.29, 0.717) is 18.0 Å². The van der Waals surface area contributed by atoms with Crippen molar-refractivity contribution >= 4 is 23.5 Å². The average molecular weight is 369 g/mol. The van der Waals surface area contributed by atoms with E-state index in [9.17, 15) is 14.4 Å². The molecule has 0 bridgehead atoms. The maximum Gasteiger partial charge on any atom is 0.344 e. The molecule has 0 aliphatic carbocycles. The number of carbonyl (C=O) groups is 3. The minimum Gasteiger partial charge on any atom is -0.482 e. The molecule has 0 unspecified atom stereocenters. The number of carbonyl (C=O) groups excluding carboxylic acids is 3. The molecule has 0 saturated heterocycles. The van der Waals surface area contributed by atoms with Crippen LogP contribution in [0.25, 0.3) is 0 Å². The first-order chi connectivity index (χ1) is 13.1. The summed E-state index contributed by atoms with van der Waals surface area (Å²) in [5, 5.41) is 0. The van der Waals surface area contributed by atoms with Crippen LogP contribution in [-0.2, 0) is 25.6 Å². The standard InChI is InChI=1S/C20H19NO6/c1-2-25-19(23)13-27-20(24)15-8-9-16-17(10-15)26-12-18(22)21(16)11-14-6-4-3-5-7-14/h3-10H,2,11-13H2,1H3. The van der Waals surface area contributed by atoms with Crippen LogP contribution < -0.4 is 9.64 Å². The highest BCUT2D eigenvalue weighted by Gasteiger charge is 2.26. The smallest absolute Gasteiger partial charge is 0.344 e. The Labute approximate surface area is 156 Å². The predicted octanol–water partition coefficient (Wildman–Crippen LogP) is 2.33. The molecule has 0 saturated carbocycles. The van der Waals surface area contributed by atoms with Crippen molar-refractivity contribution in [2.24, 2.45) is 0 Å². The highest BCUT2D eigenvalue weighted by atomic mass is 16.6. The van der Waals surface area contributed by atoms with Gasteiger partial charge in [-0.2, -0.15) is 0 Å². The second kappa shape index (κ2) is 8.35. The Balaban J connectivity index is 1.75. The average Bonchev–Trinajstić information content (AvgIpc) is 2.69. The predicted molar refractivity (Wildman–Crippen MR) is 96.5 cm³/mol. The van der Waals surface area contributed by atoms with Gasteiger partial charge >= 0.3 is 11.9 Å². The number of hydrogen-bond acceptors (Lipinski definition) is 6. The van der Waals surface area contributed by atoms with Gasteiger partial charge in [0.15, 0.2) is 13.2 Å². The van der Waals surface area contributed by atoms with Gasteiger partial charge in [-0.1, -0.05) is 30.3 Å². The van der Waals surface area contributed by atoms with E-state index < -0.39 is 18.5 Å². The molecule has 2 aromatic carbocycles. The monoisotopic (exact) mass is 369 g/mol. The normalized spacial score (nSPS) is 12.8. The maximum absolute atomic E-state index is 12.3. The number of anilines is 1. The fourth-order valence-corrected chi connectivity index (χ4v) is 2.68. The number of nitrogens with zero attached hydrogens (tertiary/aromatic N) is 1. The van der Waals surface area contributed by atoms with Gasteiger partial charge < -0.3 is 19.1 Å². The van der Waals surface area contributed by atoms with E-state index in [2.05, 4.69) is 0 Å². The first-order valence-corrected chi connectivity index (χ1v) is 8.52. The first-order valence-electron chi connectivity index (χ1n) is 8.52. The van der Waals surface area contributed by atoms with E-state index in [4.69, 9.17) is 14.2 Å². The second-order valence-electron chi connectivity index (χ2n) is 5.82. The molecule has 0 N–H and O–H groups in total. The summed E-state index contributed by atoms with van der Waals surface area (Å²) in [6.07, 6.45) is 0. The molecule has 0 radical (unpaired) electrons. The molecule has 2 aromatic rings. The topological polar surface area (TPSA) is 82.1 Å². The van der Waals surface area contributed by atoms with Gasteiger partial charge in [0.1, 0.15) is 5.75 Å². The number of benzene rings is 2. The van der Waals surface area contributed by atoms with Gasteiger partial charge in [0, 0.05) is 0 Å². The molecule has 0 fully saturated rings.